The summed E-state index contributed by atoms with van der Waals surface area (Å²) in [6.07, 6.45) is 2.58. The molecule has 4 heteroatoms. The highest BCUT2D eigenvalue weighted by atomic mass is 16.5. The minimum absolute atomic E-state index is 0.0662. The lowest BCUT2D eigenvalue weighted by molar-refractivity contribution is 0.0227. The van der Waals surface area contributed by atoms with Gasteiger partial charge in [0.25, 0.3) is 5.91 Å². The number of hydrogen-bond donors (Lipinski definition) is 1. The van der Waals surface area contributed by atoms with Crippen LogP contribution >= 0.6 is 0 Å². The topological polar surface area (TPSA) is 47.6 Å². The van der Waals surface area contributed by atoms with Gasteiger partial charge >= 0.3 is 0 Å². The van der Waals surface area contributed by atoms with Crippen LogP contribution in [0.5, 0.6) is 11.5 Å². The summed E-state index contributed by atoms with van der Waals surface area (Å²) in [4.78, 5) is 12.8. The van der Waals surface area contributed by atoms with Crippen LogP contribution < -0.4 is 14.8 Å². The number of benzene rings is 2. The van der Waals surface area contributed by atoms with Gasteiger partial charge in [-0.3, -0.25) is 4.79 Å². The largest absolute Gasteiger partial charge is 0.497 e. The molecule has 0 saturated carbocycles. The second kappa shape index (κ2) is 7.18. The van der Waals surface area contributed by atoms with Crippen LogP contribution in [0.1, 0.15) is 55.1 Å². The van der Waals surface area contributed by atoms with Gasteiger partial charge in [0.1, 0.15) is 17.1 Å². The van der Waals surface area contributed by atoms with Crippen molar-refractivity contribution >= 4 is 5.91 Å². The Morgan fingerprint density at radius 1 is 1.20 bits per heavy atom. The van der Waals surface area contributed by atoms with Crippen LogP contribution in [0, 0.1) is 0 Å². The van der Waals surface area contributed by atoms with E-state index >= 15 is 0 Å². The number of carbonyl (C=O) groups excluding carboxylic acids is 1. The fraction of sp³-hybridized carbons (Fsp3) is 0.381. The maximum absolute atomic E-state index is 12.8. The maximum atomic E-state index is 12.8. The number of fused-ring (bicyclic) bond motifs is 1. The minimum atomic E-state index is -0.235. The molecule has 0 spiro atoms. The summed E-state index contributed by atoms with van der Waals surface area (Å²) in [5.74, 6) is 1.45. The van der Waals surface area contributed by atoms with Gasteiger partial charge in [-0.15, -0.1) is 0 Å². The molecule has 1 atom stereocenters. The third-order valence-electron chi connectivity index (χ3n) is 5.12. The van der Waals surface area contributed by atoms with Crippen molar-refractivity contribution in [3.63, 3.8) is 0 Å². The van der Waals surface area contributed by atoms with Crippen molar-refractivity contribution < 1.29 is 14.3 Å². The van der Waals surface area contributed by atoms with E-state index in [0.717, 1.165) is 30.6 Å². The number of nitrogens with one attached hydrogen (secondary N) is 1. The van der Waals surface area contributed by atoms with E-state index in [2.05, 4.69) is 19.2 Å². The molecule has 1 aliphatic heterocycles. The summed E-state index contributed by atoms with van der Waals surface area (Å²) in [6.45, 7) is 4.27. The Morgan fingerprint density at radius 3 is 2.68 bits per heavy atom. The van der Waals surface area contributed by atoms with Gasteiger partial charge < -0.3 is 14.8 Å². The number of hydrogen-bond acceptors (Lipinski definition) is 3. The summed E-state index contributed by atoms with van der Waals surface area (Å²) in [7, 11) is 1.60. The highest BCUT2D eigenvalue weighted by Crippen LogP contribution is 2.42. The third-order valence-corrected chi connectivity index (χ3v) is 5.12. The average Bonchev–Trinajstić information content (AvgIpc) is 2.67. The quantitative estimate of drug-likeness (QED) is 0.872. The monoisotopic (exact) mass is 339 g/mol. The van der Waals surface area contributed by atoms with E-state index in [9.17, 15) is 4.79 Å². The predicted molar refractivity (Wildman–Crippen MR) is 98.2 cm³/mol. The van der Waals surface area contributed by atoms with Gasteiger partial charge in [-0.1, -0.05) is 38.1 Å². The van der Waals surface area contributed by atoms with Crippen LogP contribution in [0.4, 0.5) is 0 Å². The highest BCUT2D eigenvalue weighted by Gasteiger charge is 2.38. The van der Waals surface area contributed by atoms with Gasteiger partial charge in [-0.2, -0.15) is 0 Å². The van der Waals surface area contributed by atoms with Crippen molar-refractivity contribution in [3.05, 3.63) is 59.7 Å². The molecule has 0 radical (unpaired) electrons. The Hall–Kier alpha value is -2.49. The molecule has 1 aliphatic rings. The number of ether oxygens (including phenoxy) is 2. The first-order valence-corrected chi connectivity index (χ1v) is 8.83. The normalized spacial score (nSPS) is 18.0. The lowest BCUT2D eigenvalue weighted by Crippen LogP contribution is -2.44. The first-order chi connectivity index (χ1) is 12.1. The zero-order valence-corrected chi connectivity index (χ0v) is 15.0. The Kier molecular flexibility index (Phi) is 4.98. The van der Waals surface area contributed by atoms with Gasteiger partial charge in [-0.25, -0.2) is 0 Å². The summed E-state index contributed by atoms with van der Waals surface area (Å²) in [5, 5.41) is 3.19. The van der Waals surface area contributed by atoms with Crippen LogP contribution in [0.2, 0.25) is 0 Å². The molecule has 0 aromatic heterocycles. The van der Waals surface area contributed by atoms with E-state index in [-0.39, 0.29) is 17.6 Å². The average molecular weight is 339 g/mol. The second-order valence-electron chi connectivity index (χ2n) is 6.49. The molecule has 1 N–H and O–H groups in total. The van der Waals surface area contributed by atoms with Gasteiger partial charge in [0.15, 0.2) is 0 Å². The number of methoxy groups -OCH3 is 1. The zero-order valence-electron chi connectivity index (χ0n) is 15.0. The second-order valence-corrected chi connectivity index (χ2v) is 6.49. The number of amides is 1. The van der Waals surface area contributed by atoms with E-state index in [1.807, 2.05) is 36.4 Å². The molecular weight excluding hydrogens is 314 g/mol. The fourth-order valence-corrected chi connectivity index (χ4v) is 3.44. The molecule has 1 heterocycles. The lowest BCUT2D eigenvalue weighted by Gasteiger charge is -2.41. The molecule has 2 aromatic rings. The first-order valence-electron chi connectivity index (χ1n) is 8.83. The first kappa shape index (κ1) is 17.3. The van der Waals surface area contributed by atoms with E-state index in [1.165, 1.54) is 0 Å². The van der Waals surface area contributed by atoms with Gasteiger partial charge in [-0.05, 0) is 37.1 Å². The van der Waals surface area contributed by atoms with Crippen molar-refractivity contribution in [2.45, 2.75) is 44.8 Å². The number of para-hydroxylation sites is 1. The molecule has 132 valence electrons. The van der Waals surface area contributed by atoms with Crippen LogP contribution in [0.15, 0.2) is 48.5 Å². The van der Waals surface area contributed by atoms with Gasteiger partial charge in [0.2, 0.25) is 0 Å². The molecule has 0 aliphatic carbocycles. The van der Waals surface area contributed by atoms with Crippen LogP contribution in [0.3, 0.4) is 0 Å². The molecule has 4 nitrogen and oxygen atoms in total. The molecular formula is C21H25NO3. The Morgan fingerprint density at radius 2 is 1.96 bits per heavy atom. The zero-order chi connectivity index (χ0) is 17.9. The lowest BCUT2D eigenvalue weighted by atomic mass is 9.83. The molecule has 25 heavy (non-hydrogen) atoms. The Balaban J connectivity index is 1.88. The molecule has 1 amide bonds. The smallest absolute Gasteiger partial charge is 0.251 e. The fourth-order valence-electron chi connectivity index (χ4n) is 3.44. The molecule has 0 saturated heterocycles. The summed E-state index contributed by atoms with van der Waals surface area (Å²) in [6, 6.07) is 15.1. The molecule has 2 aromatic carbocycles. The summed E-state index contributed by atoms with van der Waals surface area (Å²) in [5.41, 5.74) is 1.40. The Labute approximate surface area is 149 Å². The summed E-state index contributed by atoms with van der Waals surface area (Å²) >= 11 is 0. The van der Waals surface area contributed by atoms with Crippen LogP contribution in [-0.4, -0.2) is 18.6 Å². The van der Waals surface area contributed by atoms with E-state index in [0.29, 0.717) is 11.3 Å². The van der Waals surface area contributed by atoms with Crippen molar-refractivity contribution in [2.24, 2.45) is 0 Å². The number of carbonyl (C=O) groups is 1. The number of rotatable bonds is 5. The molecule has 0 bridgehead atoms. The molecule has 1 unspecified atom stereocenters. The van der Waals surface area contributed by atoms with Crippen molar-refractivity contribution in [1.29, 1.82) is 0 Å². The minimum Gasteiger partial charge on any atom is -0.497 e. The van der Waals surface area contributed by atoms with Crippen molar-refractivity contribution in [2.75, 3.05) is 7.11 Å². The standard InChI is InChI=1S/C21H25NO3/c1-4-21(5-2)14-18(17-11-6-7-12-19(17)25-21)22-20(23)15-9-8-10-16(13-15)24-3/h6-13,18H,4-5,14H2,1-3H3,(H,22,23). The third kappa shape index (κ3) is 3.48. The molecule has 3 rings (SSSR count). The van der Waals surface area contributed by atoms with E-state index in [4.69, 9.17) is 9.47 Å². The van der Waals surface area contributed by atoms with Gasteiger partial charge in [0, 0.05) is 17.5 Å². The predicted octanol–water partition coefficient (Wildman–Crippen LogP) is 4.51. The molecule has 0 fully saturated rings. The SMILES string of the molecule is CCC1(CC)CC(NC(=O)c2cccc(OC)c2)c2ccccc2O1. The Bertz CT molecular complexity index is 752. The van der Waals surface area contributed by atoms with E-state index in [1.54, 1.807) is 19.2 Å². The van der Waals surface area contributed by atoms with Crippen LogP contribution in [0.25, 0.3) is 0 Å². The van der Waals surface area contributed by atoms with E-state index < -0.39 is 0 Å². The maximum Gasteiger partial charge on any atom is 0.251 e. The highest BCUT2D eigenvalue weighted by molar-refractivity contribution is 5.94. The van der Waals surface area contributed by atoms with Crippen LogP contribution in [-0.2, 0) is 0 Å². The van der Waals surface area contributed by atoms with Crippen molar-refractivity contribution in [1.82, 2.24) is 5.32 Å². The summed E-state index contributed by atoms with van der Waals surface area (Å²) < 4.78 is 11.5. The van der Waals surface area contributed by atoms with Crippen molar-refractivity contribution in [3.8, 4) is 11.5 Å². The van der Waals surface area contributed by atoms with Gasteiger partial charge in [0.05, 0.1) is 13.2 Å².